The van der Waals surface area contributed by atoms with Crippen molar-refractivity contribution in [3.8, 4) is 5.75 Å². The summed E-state index contributed by atoms with van der Waals surface area (Å²) in [6.07, 6.45) is -0.306. The number of carbonyl (C=O) groups is 1. The van der Waals surface area contributed by atoms with E-state index in [2.05, 4.69) is 0 Å². The summed E-state index contributed by atoms with van der Waals surface area (Å²) < 4.78 is 12.6. The molecular formula is C9H10FNO3. The van der Waals surface area contributed by atoms with Crippen LogP contribution in [0.5, 0.6) is 5.75 Å². The van der Waals surface area contributed by atoms with Gasteiger partial charge in [0.2, 0.25) is 0 Å². The van der Waals surface area contributed by atoms with E-state index in [9.17, 15) is 14.3 Å². The van der Waals surface area contributed by atoms with Crippen molar-refractivity contribution in [1.29, 1.82) is 0 Å². The van der Waals surface area contributed by atoms with E-state index in [1.807, 2.05) is 0 Å². The van der Waals surface area contributed by atoms with Crippen LogP contribution in [0.4, 0.5) is 4.39 Å². The number of carboxylic acid groups (broad SMARTS) is 1. The molecule has 76 valence electrons. The number of aromatic hydroxyl groups is 1. The lowest BCUT2D eigenvalue weighted by atomic mass is 10.0. The molecule has 0 saturated carbocycles. The Morgan fingerprint density at radius 2 is 2.21 bits per heavy atom. The minimum absolute atomic E-state index is 0.230. The third kappa shape index (κ3) is 2.43. The first-order valence-electron chi connectivity index (χ1n) is 3.96. The van der Waals surface area contributed by atoms with Crippen molar-refractivity contribution in [2.75, 3.05) is 0 Å². The van der Waals surface area contributed by atoms with Crippen LogP contribution in [-0.2, 0) is 4.79 Å². The Labute approximate surface area is 79.8 Å². The number of nitrogens with two attached hydrogens (primary N) is 1. The van der Waals surface area contributed by atoms with Crippen molar-refractivity contribution in [1.82, 2.24) is 0 Å². The van der Waals surface area contributed by atoms with Crippen LogP contribution in [0.2, 0.25) is 0 Å². The van der Waals surface area contributed by atoms with Crippen LogP contribution in [-0.4, -0.2) is 16.2 Å². The Kier molecular flexibility index (Phi) is 3.03. The molecule has 0 unspecified atom stereocenters. The van der Waals surface area contributed by atoms with E-state index >= 15 is 0 Å². The average Bonchev–Trinajstić information content (AvgIpc) is 2.01. The minimum Gasteiger partial charge on any atom is -0.508 e. The van der Waals surface area contributed by atoms with E-state index < -0.39 is 17.8 Å². The van der Waals surface area contributed by atoms with Crippen molar-refractivity contribution in [3.63, 3.8) is 0 Å². The molecule has 14 heavy (non-hydrogen) atoms. The molecule has 1 rings (SSSR count). The zero-order valence-electron chi connectivity index (χ0n) is 7.27. The van der Waals surface area contributed by atoms with Crippen LogP contribution in [0.3, 0.4) is 0 Å². The summed E-state index contributed by atoms with van der Waals surface area (Å²) in [6, 6.07) is 2.47. The molecule has 0 bridgehead atoms. The number of benzene rings is 1. The van der Waals surface area contributed by atoms with Crippen LogP contribution in [0.15, 0.2) is 18.2 Å². The molecule has 0 saturated heterocycles. The number of phenolic OH excluding ortho intramolecular Hbond substituents is 1. The number of aliphatic carboxylic acids is 1. The fraction of sp³-hybridized carbons (Fsp3) is 0.222. The van der Waals surface area contributed by atoms with Crippen LogP contribution in [0.25, 0.3) is 0 Å². The molecule has 1 atom stereocenters. The Hall–Kier alpha value is -1.62. The number of hydrogen-bond donors (Lipinski definition) is 3. The van der Waals surface area contributed by atoms with Crippen molar-refractivity contribution in [2.45, 2.75) is 12.5 Å². The van der Waals surface area contributed by atoms with Gasteiger partial charge in [0.05, 0.1) is 6.42 Å². The van der Waals surface area contributed by atoms with E-state index in [4.69, 9.17) is 10.8 Å². The number of rotatable bonds is 3. The molecule has 0 aromatic heterocycles. The molecule has 1 aromatic rings. The van der Waals surface area contributed by atoms with Crippen molar-refractivity contribution >= 4 is 5.97 Å². The van der Waals surface area contributed by atoms with Gasteiger partial charge in [0.1, 0.15) is 11.6 Å². The Morgan fingerprint density at radius 3 is 2.71 bits per heavy atom. The van der Waals surface area contributed by atoms with Gasteiger partial charge in [-0.1, -0.05) is 6.07 Å². The number of carboxylic acids is 1. The highest BCUT2D eigenvalue weighted by Crippen LogP contribution is 2.25. The second kappa shape index (κ2) is 4.06. The minimum atomic E-state index is -1.07. The molecule has 0 aliphatic carbocycles. The predicted molar refractivity (Wildman–Crippen MR) is 47.2 cm³/mol. The van der Waals surface area contributed by atoms with Gasteiger partial charge >= 0.3 is 5.97 Å². The molecule has 5 heteroatoms. The van der Waals surface area contributed by atoms with Crippen LogP contribution in [0, 0.1) is 5.82 Å². The third-order valence-electron chi connectivity index (χ3n) is 1.79. The zero-order valence-corrected chi connectivity index (χ0v) is 7.27. The Morgan fingerprint density at radius 1 is 1.57 bits per heavy atom. The Bertz CT molecular complexity index is 354. The summed E-state index contributed by atoms with van der Waals surface area (Å²) in [5, 5.41) is 17.7. The second-order valence-corrected chi connectivity index (χ2v) is 2.91. The maximum atomic E-state index is 12.6. The standard InChI is InChI=1S/C9H10FNO3/c10-5-1-2-6(8(12)3-5)7(11)4-9(13)14/h1-3,7,12H,4,11H2,(H,13,14)/t7-/m1/s1. The molecule has 0 aliphatic rings. The molecule has 1 aromatic carbocycles. The van der Waals surface area contributed by atoms with Crippen LogP contribution >= 0.6 is 0 Å². The van der Waals surface area contributed by atoms with Gasteiger partial charge in [-0.3, -0.25) is 4.79 Å². The smallest absolute Gasteiger partial charge is 0.305 e. The lowest BCUT2D eigenvalue weighted by Crippen LogP contribution is -2.15. The average molecular weight is 199 g/mol. The second-order valence-electron chi connectivity index (χ2n) is 2.91. The van der Waals surface area contributed by atoms with Gasteiger partial charge < -0.3 is 15.9 Å². The van der Waals surface area contributed by atoms with E-state index in [-0.39, 0.29) is 17.7 Å². The summed E-state index contributed by atoms with van der Waals surface area (Å²) in [6.45, 7) is 0. The van der Waals surface area contributed by atoms with Crippen LogP contribution in [0.1, 0.15) is 18.0 Å². The maximum Gasteiger partial charge on any atom is 0.305 e. The van der Waals surface area contributed by atoms with E-state index in [1.165, 1.54) is 6.07 Å². The first-order chi connectivity index (χ1) is 6.50. The summed E-state index contributed by atoms with van der Waals surface area (Å²) in [5.41, 5.74) is 5.71. The van der Waals surface area contributed by atoms with Crippen molar-refractivity contribution in [3.05, 3.63) is 29.6 Å². The van der Waals surface area contributed by atoms with Crippen molar-refractivity contribution < 1.29 is 19.4 Å². The first-order valence-corrected chi connectivity index (χ1v) is 3.96. The molecule has 0 spiro atoms. The van der Waals surface area contributed by atoms with E-state index in [0.717, 1.165) is 12.1 Å². The Balaban J connectivity index is 2.90. The lowest BCUT2D eigenvalue weighted by Gasteiger charge is -2.10. The highest BCUT2D eigenvalue weighted by atomic mass is 19.1. The third-order valence-corrected chi connectivity index (χ3v) is 1.79. The summed E-state index contributed by atoms with van der Waals surface area (Å²) in [7, 11) is 0. The monoisotopic (exact) mass is 199 g/mol. The lowest BCUT2D eigenvalue weighted by molar-refractivity contribution is -0.137. The first kappa shape index (κ1) is 10.5. The van der Waals surface area contributed by atoms with Gasteiger partial charge in [0.25, 0.3) is 0 Å². The van der Waals surface area contributed by atoms with Crippen LogP contribution < -0.4 is 5.73 Å². The zero-order chi connectivity index (χ0) is 10.7. The fourth-order valence-electron chi connectivity index (χ4n) is 1.13. The quantitative estimate of drug-likeness (QED) is 0.678. The highest BCUT2D eigenvalue weighted by molar-refractivity contribution is 5.68. The van der Waals surface area contributed by atoms with Gasteiger partial charge in [-0.15, -0.1) is 0 Å². The molecule has 0 aliphatic heterocycles. The molecule has 0 amide bonds. The summed E-state index contributed by atoms with van der Waals surface area (Å²) in [4.78, 5) is 10.3. The van der Waals surface area contributed by atoms with E-state index in [0.29, 0.717) is 0 Å². The maximum absolute atomic E-state index is 12.6. The molecule has 4 nitrogen and oxygen atoms in total. The fourth-order valence-corrected chi connectivity index (χ4v) is 1.13. The summed E-state index contributed by atoms with van der Waals surface area (Å²) in [5.74, 6) is -1.98. The largest absolute Gasteiger partial charge is 0.508 e. The van der Waals surface area contributed by atoms with Gasteiger partial charge in [-0.2, -0.15) is 0 Å². The topological polar surface area (TPSA) is 83.6 Å². The molecule has 0 radical (unpaired) electrons. The van der Waals surface area contributed by atoms with Gasteiger partial charge in [0.15, 0.2) is 0 Å². The number of phenols is 1. The SMILES string of the molecule is N[C@H](CC(=O)O)c1ccc(F)cc1O. The molecule has 4 N–H and O–H groups in total. The number of hydrogen-bond acceptors (Lipinski definition) is 3. The molecule has 0 fully saturated rings. The number of halogens is 1. The van der Waals surface area contributed by atoms with Gasteiger partial charge in [-0.05, 0) is 6.07 Å². The normalized spacial score (nSPS) is 12.4. The predicted octanol–water partition coefficient (Wildman–Crippen LogP) is 1.01. The van der Waals surface area contributed by atoms with Crippen molar-refractivity contribution in [2.24, 2.45) is 5.73 Å². The highest BCUT2D eigenvalue weighted by Gasteiger charge is 2.14. The van der Waals surface area contributed by atoms with E-state index in [1.54, 1.807) is 0 Å². The molecule has 0 heterocycles. The van der Waals surface area contributed by atoms with Gasteiger partial charge in [0, 0.05) is 17.7 Å². The summed E-state index contributed by atoms with van der Waals surface area (Å²) >= 11 is 0. The van der Waals surface area contributed by atoms with Gasteiger partial charge in [-0.25, -0.2) is 4.39 Å². The molecular weight excluding hydrogens is 189 g/mol.